The predicted octanol–water partition coefficient (Wildman–Crippen LogP) is 3.52. The van der Waals surface area contributed by atoms with Crippen LogP contribution in [0.2, 0.25) is 5.02 Å². The summed E-state index contributed by atoms with van der Waals surface area (Å²) in [7, 11) is -8.54. The lowest BCUT2D eigenvalue weighted by Gasteiger charge is -2.00. The van der Waals surface area contributed by atoms with Gasteiger partial charge in [0.05, 0.1) is 11.5 Å². The third kappa shape index (κ3) is 6.43. The molecule has 0 amide bonds. The second kappa shape index (κ2) is 9.46. The van der Waals surface area contributed by atoms with Gasteiger partial charge < -0.3 is 5.53 Å². The van der Waals surface area contributed by atoms with Crippen molar-refractivity contribution in [3.05, 3.63) is 58.6 Å². The molecule has 0 unspecified atom stereocenters. The average molecular weight is 429 g/mol. The molecule has 0 radical (unpaired) electrons. The molecule has 1 aliphatic rings. The number of rotatable bonds is 6. The molecule has 0 heterocycles. The van der Waals surface area contributed by atoms with E-state index in [2.05, 4.69) is 4.79 Å². The van der Waals surface area contributed by atoms with Gasteiger partial charge in [0.15, 0.2) is 0 Å². The number of hydrogen-bond acceptors (Lipinski definition) is 4. The Morgan fingerprint density at radius 1 is 1.04 bits per heavy atom. The van der Waals surface area contributed by atoms with Crippen LogP contribution in [0.5, 0.6) is 0 Å². The highest BCUT2D eigenvalue weighted by molar-refractivity contribution is 8.31. The van der Waals surface area contributed by atoms with Crippen LogP contribution < -0.4 is 0 Å². The molecule has 0 bridgehead atoms. The lowest BCUT2D eigenvalue weighted by Crippen LogP contribution is -2.29. The average Bonchev–Trinajstić information content (AvgIpc) is 3.10. The first-order valence-corrected chi connectivity index (χ1v) is 12.2. The Hall–Kier alpha value is -1.73. The summed E-state index contributed by atoms with van der Waals surface area (Å²) in [5.41, 5.74) is 9.73. The smallest absolute Gasteiger partial charge is 0.359 e. The molecule has 0 aromatic heterocycles. The first kappa shape index (κ1) is 21.6. The number of sulfone groups is 2. The maximum Gasteiger partial charge on any atom is 0.495 e. The Morgan fingerprint density at radius 3 is 2.15 bits per heavy atom. The summed E-state index contributed by atoms with van der Waals surface area (Å²) in [6, 6.07) is 6.68. The van der Waals surface area contributed by atoms with Crippen LogP contribution in [0.25, 0.3) is 11.6 Å². The molecule has 27 heavy (non-hydrogen) atoms. The molecule has 146 valence electrons. The van der Waals surface area contributed by atoms with Crippen molar-refractivity contribution in [1.29, 1.82) is 0 Å². The molecule has 0 aliphatic heterocycles. The summed E-state index contributed by atoms with van der Waals surface area (Å²) in [6.07, 6.45) is 10.3. The van der Waals surface area contributed by atoms with Gasteiger partial charge in [-0.1, -0.05) is 60.9 Å². The standard InChI is InChI=1S/C18H21ClN2O4S2/c19-17-11-9-16(10-12-17)8-4-14-27(24,25)18(21-20)26(22,23)13-3-7-15-5-1-2-6-15/h3-4,7-12,15H,1-2,5-6,13-14H2. The Bertz CT molecular complexity index is 969. The zero-order valence-corrected chi connectivity index (χ0v) is 17.0. The molecule has 0 N–H and O–H groups in total. The third-order valence-corrected chi connectivity index (χ3v) is 8.50. The number of nitrogens with zero attached hydrogens (tertiary/aromatic N) is 2. The number of allylic oxidation sites excluding steroid dienone is 1. The summed E-state index contributed by atoms with van der Waals surface area (Å²) in [4.78, 5) is 2.57. The minimum absolute atomic E-state index is 0.327. The van der Waals surface area contributed by atoms with Crippen LogP contribution in [0.1, 0.15) is 31.2 Å². The second-order valence-corrected chi connectivity index (χ2v) is 10.9. The zero-order valence-electron chi connectivity index (χ0n) is 14.7. The molecule has 2 rings (SSSR count). The fourth-order valence-corrected chi connectivity index (χ4v) is 6.20. The number of halogens is 1. The van der Waals surface area contributed by atoms with Crippen LogP contribution in [0.4, 0.5) is 0 Å². The van der Waals surface area contributed by atoms with Crippen LogP contribution >= 0.6 is 11.6 Å². The van der Waals surface area contributed by atoms with Crippen molar-refractivity contribution >= 4 is 41.7 Å². The van der Waals surface area contributed by atoms with Gasteiger partial charge in [0.25, 0.3) is 19.7 Å². The topological polar surface area (TPSA) is 105 Å². The number of benzene rings is 1. The molecular weight excluding hydrogens is 408 g/mol. The van der Waals surface area contributed by atoms with Crippen molar-refractivity contribution in [1.82, 2.24) is 0 Å². The van der Waals surface area contributed by atoms with E-state index in [0.717, 1.165) is 25.7 Å². The van der Waals surface area contributed by atoms with Gasteiger partial charge >= 0.3 is 4.38 Å². The minimum atomic E-state index is -4.29. The molecule has 9 heteroatoms. The van der Waals surface area contributed by atoms with Gasteiger partial charge in [-0.05, 0) is 36.5 Å². The maximum absolute atomic E-state index is 12.3. The van der Waals surface area contributed by atoms with E-state index >= 15 is 0 Å². The molecular formula is C18H21ClN2O4S2. The summed E-state index contributed by atoms with van der Waals surface area (Å²) in [6.45, 7) is 0. The van der Waals surface area contributed by atoms with Gasteiger partial charge in [-0.2, -0.15) is 0 Å². The van der Waals surface area contributed by atoms with E-state index < -0.39 is 35.6 Å². The number of hydrogen-bond donors (Lipinski definition) is 0. The predicted molar refractivity (Wildman–Crippen MR) is 108 cm³/mol. The minimum Gasteiger partial charge on any atom is -0.359 e. The van der Waals surface area contributed by atoms with E-state index in [1.54, 1.807) is 30.3 Å². The van der Waals surface area contributed by atoms with Gasteiger partial charge in [0, 0.05) is 5.02 Å². The molecule has 1 aromatic rings. The van der Waals surface area contributed by atoms with Gasteiger partial charge in [-0.15, -0.1) is 4.79 Å². The fourth-order valence-electron chi connectivity index (χ4n) is 2.87. The van der Waals surface area contributed by atoms with E-state index in [1.165, 1.54) is 18.2 Å². The van der Waals surface area contributed by atoms with Crippen molar-refractivity contribution in [3.8, 4) is 0 Å². The van der Waals surface area contributed by atoms with Crippen LogP contribution in [-0.4, -0.2) is 37.5 Å². The quantitative estimate of drug-likeness (QED) is 0.227. The molecule has 0 spiro atoms. The Labute approximate surface area is 165 Å². The zero-order chi connectivity index (χ0) is 19.9. The summed E-state index contributed by atoms with van der Waals surface area (Å²) >= 11 is 5.78. The van der Waals surface area contributed by atoms with Crippen LogP contribution in [-0.2, 0) is 19.7 Å². The second-order valence-electron chi connectivity index (χ2n) is 6.36. The highest BCUT2D eigenvalue weighted by atomic mass is 35.5. The van der Waals surface area contributed by atoms with Crippen LogP contribution in [0.3, 0.4) is 0 Å². The van der Waals surface area contributed by atoms with Crippen molar-refractivity contribution in [3.63, 3.8) is 0 Å². The molecule has 0 saturated heterocycles. The van der Waals surface area contributed by atoms with E-state index in [9.17, 15) is 16.8 Å². The van der Waals surface area contributed by atoms with E-state index in [1.807, 2.05) is 0 Å². The van der Waals surface area contributed by atoms with E-state index in [0.29, 0.717) is 16.5 Å². The van der Waals surface area contributed by atoms with Gasteiger partial charge in [0.2, 0.25) is 0 Å². The molecule has 1 aromatic carbocycles. The van der Waals surface area contributed by atoms with Crippen molar-refractivity contribution in [2.24, 2.45) is 5.92 Å². The summed E-state index contributed by atoms with van der Waals surface area (Å²) in [5, 5.41) is 0.547. The first-order valence-electron chi connectivity index (χ1n) is 8.51. The monoisotopic (exact) mass is 428 g/mol. The fraction of sp³-hybridized carbons (Fsp3) is 0.389. The van der Waals surface area contributed by atoms with Crippen LogP contribution in [0.15, 0.2) is 42.5 Å². The van der Waals surface area contributed by atoms with Crippen molar-refractivity contribution in [2.75, 3.05) is 11.5 Å². The van der Waals surface area contributed by atoms with E-state index in [-0.39, 0.29) is 0 Å². The molecule has 1 aliphatic carbocycles. The lowest BCUT2D eigenvalue weighted by molar-refractivity contribution is 0.00385. The first-order chi connectivity index (χ1) is 12.7. The van der Waals surface area contributed by atoms with Crippen molar-refractivity contribution in [2.45, 2.75) is 25.7 Å². The Kier molecular flexibility index (Phi) is 7.56. The lowest BCUT2D eigenvalue weighted by atomic mass is 10.1. The Morgan fingerprint density at radius 2 is 1.59 bits per heavy atom. The largest absolute Gasteiger partial charge is 0.495 e. The summed E-state index contributed by atoms with van der Waals surface area (Å²) < 4.78 is 48.0. The maximum atomic E-state index is 12.3. The summed E-state index contributed by atoms with van der Waals surface area (Å²) in [5.74, 6) is -0.780. The highest BCUT2D eigenvalue weighted by Crippen LogP contribution is 2.25. The van der Waals surface area contributed by atoms with Crippen LogP contribution in [0, 0.1) is 5.92 Å². The normalized spacial score (nSPS) is 16.2. The third-order valence-electron chi connectivity index (χ3n) is 4.23. The van der Waals surface area contributed by atoms with Gasteiger partial charge in [-0.25, -0.2) is 16.8 Å². The van der Waals surface area contributed by atoms with Gasteiger partial charge in [0.1, 0.15) is 0 Å². The highest BCUT2D eigenvalue weighted by Gasteiger charge is 2.39. The van der Waals surface area contributed by atoms with E-state index in [4.69, 9.17) is 17.1 Å². The molecule has 0 atom stereocenters. The van der Waals surface area contributed by atoms with Crippen molar-refractivity contribution < 1.29 is 21.6 Å². The van der Waals surface area contributed by atoms with Gasteiger partial charge in [-0.3, -0.25) is 0 Å². The molecule has 6 nitrogen and oxygen atoms in total. The molecule has 1 fully saturated rings. The SMILES string of the molecule is [N-]=[N+]=C(S(=O)(=O)CC=Cc1ccc(Cl)cc1)S(=O)(=O)CC=CC1CCCC1. The molecule has 1 saturated carbocycles. The Balaban J connectivity index is 2.06.